The lowest BCUT2D eigenvalue weighted by molar-refractivity contribution is -0.119. The quantitative estimate of drug-likeness (QED) is 0.794. The molecule has 0 unspecified atom stereocenters. The summed E-state index contributed by atoms with van der Waals surface area (Å²) >= 11 is 0. The van der Waals surface area contributed by atoms with Crippen LogP contribution in [0.25, 0.3) is 0 Å². The Balaban J connectivity index is 2.16. The summed E-state index contributed by atoms with van der Waals surface area (Å²) in [6.45, 7) is 6.52. The number of rotatable bonds is 4. The van der Waals surface area contributed by atoms with Gasteiger partial charge in [-0.3, -0.25) is 9.59 Å². The minimum atomic E-state index is 0.0186. The van der Waals surface area contributed by atoms with Gasteiger partial charge in [0, 0.05) is 31.7 Å². The molecule has 114 valence electrons. The standard InChI is InChI=1S/C16H22N2O3/c1-12(2)14-10-13(4-5-15(14)21-3)16(20)18-8-6-17(11-19)7-9-18/h4-5,10-12H,6-9H2,1-3H3. The lowest BCUT2D eigenvalue weighted by Gasteiger charge is -2.32. The number of ether oxygens (including phenoxy) is 1. The molecule has 0 spiro atoms. The van der Waals surface area contributed by atoms with Crippen molar-refractivity contribution in [3.8, 4) is 5.75 Å². The first-order valence-electron chi connectivity index (χ1n) is 7.23. The lowest BCUT2D eigenvalue weighted by Crippen LogP contribution is -2.48. The number of hydrogen-bond donors (Lipinski definition) is 0. The maximum atomic E-state index is 12.5. The third-order valence-corrected chi connectivity index (χ3v) is 3.85. The van der Waals surface area contributed by atoms with Gasteiger partial charge in [0.1, 0.15) is 5.75 Å². The van der Waals surface area contributed by atoms with Crippen LogP contribution in [0, 0.1) is 0 Å². The fourth-order valence-corrected chi connectivity index (χ4v) is 2.53. The third kappa shape index (κ3) is 3.35. The second-order valence-electron chi connectivity index (χ2n) is 5.55. The Labute approximate surface area is 125 Å². The van der Waals surface area contributed by atoms with Gasteiger partial charge in [-0.1, -0.05) is 13.8 Å². The maximum Gasteiger partial charge on any atom is 0.253 e. The predicted molar refractivity (Wildman–Crippen MR) is 80.6 cm³/mol. The summed E-state index contributed by atoms with van der Waals surface area (Å²) in [5.74, 6) is 1.12. The van der Waals surface area contributed by atoms with Crippen LogP contribution in [-0.4, -0.2) is 55.4 Å². The number of carbonyl (C=O) groups is 2. The summed E-state index contributed by atoms with van der Waals surface area (Å²) in [5.41, 5.74) is 1.72. The van der Waals surface area contributed by atoms with Crippen LogP contribution in [0.3, 0.4) is 0 Å². The molecule has 0 aliphatic carbocycles. The van der Waals surface area contributed by atoms with E-state index in [2.05, 4.69) is 13.8 Å². The summed E-state index contributed by atoms with van der Waals surface area (Å²) < 4.78 is 5.35. The molecule has 1 fully saturated rings. The predicted octanol–water partition coefficient (Wildman–Crippen LogP) is 1.73. The molecule has 21 heavy (non-hydrogen) atoms. The van der Waals surface area contributed by atoms with Crippen molar-refractivity contribution in [3.05, 3.63) is 29.3 Å². The number of nitrogens with zero attached hydrogens (tertiary/aromatic N) is 2. The van der Waals surface area contributed by atoms with Crippen LogP contribution in [0.1, 0.15) is 35.7 Å². The van der Waals surface area contributed by atoms with Crippen LogP contribution in [0.15, 0.2) is 18.2 Å². The summed E-state index contributed by atoms with van der Waals surface area (Å²) in [6, 6.07) is 5.57. The molecule has 1 saturated heterocycles. The van der Waals surface area contributed by atoms with Gasteiger partial charge in [0.05, 0.1) is 7.11 Å². The molecule has 1 aromatic carbocycles. The Morgan fingerprint density at radius 3 is 2.43 bits per heavy atom. The van der Waals surface area contributed by atoms with Crippen LogP contribution < -0.4 is 4.74 Å². The van der Waals surface area contributed by atoms with Crippen molar-refractivity contribution < 1.29 is 14.3 Å². The zero-order chi connectivity index (χ0) is 15.4. The molecule has 0 bridgehead atoms. The molecule has 0 aromatic heterocycles. The van der Waals surface area contributed by atoms with E-state index in [0.29, 0.717) is 37.7 Å². The molecule has 0 radical (unpaired) electrons. The second kappa shape index (κ2) is 6.61. The van der Waals surface area contributed by atoms with Crippen molar-refractivity contribution in [1.29, 1.82) is 0 Å². The Bertz CT molecular complexity index is 520. The fourth-order valence-electron chi connectivity index (χ4n) is 2.53. The normalized spacial score (nSPS) is 15.2. The monoisotopic (exact) mass is 290 g/mol. The molecule has 5 heteroatoms. The van der Waals surface area contributed by atoms with Gasteiger partial charge in [-0.2, -0.15) is 0 Å². The molecule has 1 aliphatic heterocycles. The van der Waals surface area contributed by atoms with E-state index >= 15 is 0 Å². The Morgan fingerprint density at radius 2 is 1.90 bits per heavy atom. The van der Waals surface area contributed by atoms with E-state index in [0.717, 1.165) is 17.7 Å². The first-order chi connectivity index (χ1) is 10.1. The van der Waals surface area contributed by atoms with Gasteiger partial charge >= 0.3 is 0 Å². The molecule has 2 amide bonds. The molecule has 5 nitrogen and oxygen atoms in total. The minimum Gasteiger partial charge on any atom is -0.496 e. The molecule has 0 atom stereocenters. The van der Waals surface area contributed by atoms with E-state index in [1.165, 1.54) is 0 Å². The highest BCUT2D eigenvalue weighted by molar-refractivity contribution is 5.94. The van der Waals surface area contributed by atoms with E-state index in [-0.39, 0.29) is 5.91 Å². The number of benzene rings is 1. The smallest absolute Gasteiger partial charge is 0.253 e. The van der Waals surface area contributed by atoms with Gasteiger partial charge in [-0.05, 0) is 29.7 Å². The zero-order valence-corrected chi connectivity index (χ0v) is 12.8. The molecule has 1 aliphatic rings. The van der Waals surface area contributed by atoms with E-state index in [4.69, 9.17) is 4.74 Å². The molecule has 1 heterocycles. The van der Waals surface area contributed by atoms with Crippen LogP contribution in [0.5, 0.6) is 5.75 Å². The van der Waals surface area contributed by atoms with E-state index < -0.39 is 0 Å². The average Bonchev–Trinajstić information content (AvgIpc) is 2.53. The highest BCUT2D eigenvalue weighted by Crippen LogP contribution is 2.27. The summed E-state index contributed by atoms with van der Waals surface area (Å²) in [7, 11) is 1.64. The fraction of sp³-hybridized carbons (Fsp3) is 0.500. The van der Waals surface area contributed by atoms with Crippen molar-refractivity contribution in [2.24, 2.45) is 0 Å². The van der Waals surface area contributed by atoms with E-state index in [1.54, 1.807) is 23.0 Å². The van der Waals surface area contributed by atoms with Gasteiger partial charge in [0.15, 0.2) is 0 Å². The van der Waals surface area contributed by atoms with Gasteiger partial charge < -0.3 is 14.5 Å². The Kier molecular flexibility index (Phi) is 4.83. The molecule has 0 saturated carbocycles. The highest BCUT2D eigenvalue weighted by atomic mass is 16.5. The first kappa shape index (κ1) is 15.4. The SMILES string of the molecule is COc1ccc(C(=O)N2CCN(C=O)CC2)cc1C(C)C. The lowest BCUT2D eigenvalue weighted by atomic mass is 9.99. The number of amides is 2. The van der Waals surface area contributed by atoms with Crippen molar-refractivity contribution in [3.63, 3.8) is 0 Å². The van der Waals surface area contributed by atoms with Crippen LogP contribution in [-0.2, 0) is 4.79 Å². The van der Waals surface area contributed by atoms with Crippen molar-refractivity contribution in [1.82, 2.24) is 9.80 Å². The third-order valence-electron chi connectivity index (χ3n) is 3.85. The number of hydrogen-bond acceptors (Lipinski definition) is 3. The number of piperazine rings is 1. The van der Waals surface area contributed by atoms with Crippen molar-refractivity contribution in [2.75, 3.05) is 33.3 Å². The summed E-state index contributed by atoms with van der Waals surface area (Å²) in [4.78, 5) is 26.7. The molecule has 1 aromatic rings. The average molecular weight is 290 g/mol. The van der Waals surface area contributed by atoms with Crippen LogP contribution in [0.2, 0.25) is 0 Å². The summed E-state index contributed by atoms with van der Waals surface area (Å²) in [5, 5.41) is 0. The highest BCUT2D eigenvalue weighted by Gasteiger charge is 2.22. The summed E-state index contributed by atoms with van der Waals surface area (Å²) in [6.07, 6.45) is 0.839. The van der Waals surface area contributed by atoms with Crippen molar-refractivity contribution >= 4 is 12.3 Å². The second-order valence-corrected chi connectivity index (χ2v) is 5.55. The van der Waals surface area contributed by atoms with E-state index in [1.807, 2.05) is 12.1 Å². The molecule has 2 rings (SSSR count). The largest absolute Gasteiger partial charge is 0.496 e. The van der Waals surface area contributed by atoms with Gasteiger partial charge in [-0.25, -0.2) is 0 Å². The molecular weight excluding hydrogens is 268 g/mol. The molecule has 0 N–H and O–H groups in total. The molecular formula is C16H22N2O3. The zero-order valence-electron chi connectivity index (χ0n) is 12.8. The number of carbonyl (C=O) groups excluding carboxylic acids is 2. The minimum absolute atomic E-state index is 0.0186. The first-order valence-corrected chi connectivity index (χ1v) is 7.23. The Morgan fingerprint density at radius 1 is 1.24 bits per heavy atom. The van der Waals surface area contributed by atoms with Gasteiger partial charge in [0.2, 0.25) is 6.41 Å². The van der Waals surface area contributed by atoms with E-state index in [9.17, 15) is 9.59 Å². The van der Waals surface area contributed by atoms with Crippen LogP contribution in [0.4, 0.5) is 0 Å². The Hall–Kier alpha value is -2.04. The van der Waals surface area contributed by atoms with Gasteiger partial charge in [-0.15, -0.1) is 0 Å². The topological polar surface area (TPSA) is 49.9 Å². The van der Waals surface area contributed by atoms with Crippen molar-refractivity contribution in [2.45, 2.75) is 19.8 Å². The van der Waals surface area contributed by atoms with Crippen LogP contribution >= 0.6 is 0 Å². The number of methoxy groups -OCH3 is 1. The van der Waals surface area contributed by atoms with Gasteiger partial charge in [0.25, 0.3) is 5.91 Å². The maximum absolute atomic E-state index is 12.5.